The van der Waals surface area contributed by atoms with Crippen molar-refractivity contribution in [2.45, 2.75) is 227 Å². The van der Waals surface area contributed by atoms with E-state index in [2.05, 4.69) is 86.3 Å². The van der Waals surface area contributed by atoms with Crippen LogP contribution in [0.1, 0.15) is 147 Å². The van der Waals surface area contributed by atoms with Crippen molar-refractivity contribution in [2.24, 2.45) is 38.7 Å². The summed E-state index contributed by atoms with van der Waals surface area (Å²) in [7, 11) is 0. The summed E-state index contributed by atoms with van der Waals surface area (Å²) in [6.07, 6.45) is 8.94. The van der Waals surface area contributed by atoms with E-state index in [0.29, 0.717) is 49.8 Å². The Hall–Kier alpha value is -11.1. The summed E-state index contributed by atoms with van der Waals surface area (Å²) >= 11 is 0. The number of likely N-dealkylation sites (tertiary alicyclic amines) is 3. The molecule has 23 N–H and O–H groups in total. The number of aromatic nitrogens is 2. The minimum absolute atomic E-state index is 0.00316. The van der Waals surface area contributed by atoms with Crippen molar-refractivity contribution in [2.75, 3.05) is 45.9 Å². The highest BCUT2D eigenvalue weighted by atomic mass is 16.4. The first kappa shape index (κ1) is 87.9. The molecule has 604 valence electrons. The van der Waals surface area contributed by atoms with Gasteiger partial charge in [0.2, 0.25) is 76.8 Å². The fourth-order valence-corrected chi connectivity index (χ4v) is 13.6. The average Bonchev–Trinajstić information content (AvgIpc) is 1.64. The second-order valence-electron chi connectivity index (χ2n) is 27.6. The Morgan fingerprint density at radius 3 is 1.47 bits per heavy atom. The topological polar surface area (TPSA) is 593 Å². The van der Waals surface area contributed by atoms with Crippen LogP contribution < -0.4 is 81.8 Å². The van der Waals surface area contributed by atoms with E-state index in [4.69, 9.17) is 28.7 Å². The highest BCUT2D eigenvalue weighted by molar-refractivity contribution is 6.01. The van der Waals surface area contributed by atoms with Gasteiger partial charge in [0, 0.05) is 63.9 Å². The smallest absolute Gasteiger partial charge is 0.326 e. The molecular formula is C72H110N22O16. The summed E-state index contributed by atoms with van der Waals surface area (Å²) in [6.45, 7) is 9.00. The number of carboxylic acid groups (broad SMARTS) is 1. The van der Waals surface area contributed by atoms with E-state index in [-0.39, 0.29) is 160 Å². The maximum Gasteiger partial charge on any atom is 0.326 e. The largest absolute Gasteiger partial charge is 0.480 e. The van der Waals surface area contributed by atoms with Crippen LogP contribution in [-0.4, -0.2) is 254 Å². The highest BCUT2D eigenvalue weighted by Gasteiger charge is 2.45. The van der Waals surface area contributed by atoms with E-state index in [1.807, 2.05) is 6.92 Å². The van der Waals surface area contributed by atoms with Gasteiger partial charge in [-0.3, -0.25) is 72.3 Å². The number of imidazole rings is 1. The molecule has 38 heteroatoms. The highest BCUT2D eigenvalue weighted by Crippen LogP contribution is 2.25. The van der Waals surface area contributed by atoms with Gasteiger partial charge in [-0.2, -0.15) is 0 Å². The lowest BCUT2D eigenvalue weighted by Crippen LogP contribution is -2.61. The molecule has 0 unspecified atom stereocenters. The number of guanidine groups is 2. The molecule has 0 aliphatic carbocycles. The molecular weight excluding hydrogens is 1430 g/mol. The van der Waals surface area contributed by atoms with E-state index in [9.17, 15) is 77.3 Å². The standard InChI is InChI=1S/C72H110N22O16/c1-4-7-22-49(68(107)94-36-17-28-56(94)66(105)90-52(70(109)110)37-42-20-9-8-10-21-42)88-65(104)55-27-16-34-92(55)67(106)48(19-6-3)86-60(99)45(23-11-12-31-73)84-62(101)51(38-43-39-78-41-81-43)89-63(102)53(40-95)91-58(97)44(18-5-2)83-59(98)46(24-13-32-79-71(74)75)85-64(103)54-26-15-35-93(54)69(108)50(25-14-33-80-72(76)77)87-61(100)47-29-30-57(96)82-47/h5-6,8-10,20-21,39,41,44-56,95H,2-4,7,11-19,22-38,40,73H2,1H3,(H,78,81)(H,82,96)(H,83,98)(H,84,101)(H,85,103)(H,86,99)(H,87,100)(H,88,104)(H,89,102)(H,90,105)(H,91,97)(H,109,110)(H4,74,75,79)(H4,76,77,80)/t44-,45-,46-,47-,48-,49-,50-,51-,52-,53-,54-,55-,56-/m0/s1. The van der Waals surface area contributed by atoms with Crippen LogP contribution in [0.25, 0.3) is 0 Å². The molecule has 2 aromatic rings. The summed E-state index contributed by atoms with van der Waals surface area (Å²) in [5, 5.41) is 47.1. The second-order valence-corrected chi connectivity index (χ2v) is 27.6. The van der Waals surface area contributed by atoms with Gasteiger partial charge in [-0.25, -0.2) is 9.78 Å². The predicted octanol–water partition coefficient (Wildman–Crippen LogP) is -4.53. The maximum absolute atomic E-state index is 14.7. The third-order valence-electron chi connectivity index (χ3n) is 19.4. The van der Waals surface area contributed by atoms with Crippen LogP contribution in [0.3, 0.4) is 0 Å². The Labute approximate surface area is 638 Å². The van der Waals surface area contributed by atoms with Crippen molar-refractivity contribution >= 4 is 94.7 Å². The van der Waals surface area contributed by atoms with Gasteiger partial charge in [0.1, 0.15) is 78.5 Å². The van der Waals surface area contributed by atoms with Gasteiger partial charge in [0.15, 0.2) is 11.9 Å². The second kappa shape index (κ2) is 45.1. The zero-order valence-electron chi connectivity index (χ0n) is 62.3. The van der Waals surface area contributed by atoms with E-state index >= 15 is 0 Å². The Morgan fingerprint density at radius 2 is 0.982 bits per heavy atom. The minimum atomic E-state index is -1.81. The first-order chi connectivity index (χ1) is 52.7. The number of hydrogen-bond donors (Lipinski definition) is 18. The molecule has 1 aromatic carbocycles. The molecule has 13 atom stereocenters. The molecule has 4 aliphatic heterocycles. The monoisotopic (exact) mass is 1540 g/mol. The molecule has 38 nitrogen and oxygen atoms in total. The SMILES string of the molecule is C=CC[C@H](NC(=O)[C@H](CCCN=C(N)N)NC(=O)[C@@H]1CCCN1C(=O)[C@H](CCCN=C(N)N)NC(=O)[C@@H]1CCC(=O)N1)C(=O)N[C@@H](CO)C(=O)N[C@@H](Cc1cnc[nH]1)C(=O)N[C@@H](CCCCN)C(=O)N[C@@H](CC=C)C(=O)N1CCC[C@H]1C(=O)N[C@@H](CCCC)C(=O)N1CCC[C@H]1C(=O)N[C@@H](Cc1ccccc1)C(=O)O. The molecule has 5 heterocycles. The summed E-state index contributed by atoms with van der Waals surface area (Å²) in [5.74, 6) is -11.3. The number of carbonyl (C=O) groups excluding carboxylic acids is 13. The fourth-order valence-electron chi connectivity index (χ4n) is 13.6. The van der Waals surface area contributed by atoms with Crippen LogP contribution in [-0.2, 0) is 80.0 Å². The zero-order chi connectivity index (χ0) is 80.4. The number of unbranched alkanes of at least 4 members (excludes halogenated alkanes) is 2. The molecule has 4 aliphatic rings. The quantitative estimate of drug-likeness (QED) is 0.0128. The Morgan fingerprint density at radius 1 is 0.545 bits per heavy atom. The molecule has 0 bridgehead atoms. The number of aromatic amines is 1. The molecule has 6 rings (SSSR count). The first-order valence-corrected chi connectivity index (χ1v) is 37.5. The van der Waals surface area contributed by atoms with Crippen LogP contribution in [0.4, 0.5) is 0 Å². The zero-order valence-corrected chi connectivity index (χ0v) is 62.3. The molecule has 13 amide bonds. The van der Waals surface area contributed by atoms with E-state index in [1.165, 1.54) is 39.4 Å². The van der Waals surface area contributed by atoms with Crippen molar-refractivity contribution in [3.8, 4) is 0 Å². The number of aliphatic imine (C=N–C) groups is 2. The summed E-state index contributed by atoms with van der Waals surface area (Å²) < 4.78 is 0. The third-order valence-corrected chi connectivity index (χ3v) is 19.4. The van der Waals surface area contributed by atoms with Crippen LogP contribution in [0.5, 0.6) is 0 Å². The van der Waals surface area contributed by atoms with E-state index in [1.54, 1.807) is 30.3 Å². The van der Waals surface area contributed by atoms with Gasteiger partial charge in [-0.1, -0.05) is 62.2 Å². The number of H-pyrrole nitrogens is 1. The number of carboxylic acids is 1. The summed E-state index contributed by atoms with van der Waals surface area (Å²) in [5.41, 5.74) is 29.0. The van der Waals surface area contributed by atoms with Gasteiger partial charge in [0.25, 0.3) is 0 Å². The molecule has 0 spiro atoms. The summed E-state index contributed by atoms with van der Waals surface area (Å²) in [6, 6.07) is -8.03. The summed E-state index contributed by atoms with van der Waals surface area (Å²) in [4.78, 5) is 215. The van der Waals surface area contributed by atoms with E-state index in [0.717, 1.165) is 0 Å². The fraction of sp³-hybridized carbons (Fsp3) is 0.597. The number of carbonyl (C=O) groups is 14. The van der Waals surface area contributed by atoms with Crippen molar-refractivity contribution in [1.29, 1.82) is 0 Å². The molecule has 0 saturated carbocycles. The van der Waals surface area contributed by atoms with Gasteiger partial charge in [-0.05, 0) is 121 Å². The number of rotatable bonds is 46. The number of aliphatic hydroxyl groups is 1. The number of nitrogens with two attached hydrogens (primary N) is 5. The molecule has 1 aromatic heterocycles. The first-order valence-electron chi connectivity index (χ1n) is 37.5. The van der Waals surface area contributed by atoms with Crippen molar-refractivity contribution in [1.82, 2.24) is 77.8 Å². The van der Waals surface area contributed by atoms with Gasteiger partial charge in [-0.15, -0.1) is 13.2 Å². The number of benzene rings is 1. The lowest BCUT2D eigenvalue weighted by atomic mass is 10.0. The van der Waals surface area contributed by atoms with Gasteiger partial charge >= 0.3 is 5.97 Å². The molecule has 4 fully saturated rings. The van der Waals surface area contributed by atoms with Crippen LogP contribution in [0.2, 0.25) is 0 Å². The van der Waals surface area contributed by atoms with Crippen molar-refractivity contribution < 1.29 is 77.3 Å². The number of nitrogens with zero attached hydrogens (tertiary/aromatic N) is 6. The van der Waals surface area contributed by atoms with Crippen LogP contribution >= 0.6 is 0 Å². The Bertz CT molecular complexity index is 3570. The number of amides is 13. The Balaban J connectivity index is 1.13. The van der Waals surface area contributed by atoms with Crippen molar-refractivity contribution in [3.63, 3.8) is 0 Å². The lowest BCUT2D eigenvalue weighted by Gasteiger charge is -2.32. The number of aliphatic hydroxyl groups excluding tert-OH is 1. The number of aliphatic carboxylic acids is 1. The van der Waals surface area contributed by atoms with Crippen molar-refractivity contribution in [3.05, 3.63) is 79.4 Å². The van der Waals surface area contributed by atoms with Gasteiger partial charge in [0.05, 0.1) is 12.9 Å². The minimum Gasteiger partial charge on any atom is -0.480 e. The average molecular weight is 1540 g/mol. The normalized spacial score (nSPS) is 19.0. The van der Waals surface area contributed by atoms with Crippen LogP contribution in [0, 0.1) is 0 Å². The number of hydrogen-bond acceptors (Lipinski definition) is 19. The van der Waals surface area contributed by atoms with Crippen LogP contribution in [0.15, 0.2) is 78.2 Å². The predicted molar refractivity (Wildman–Crippen MR) is 402 cm³/mol. The molecule has 0 radical (unpaired) electrons. The molecule has 110 heavy (non-hydrogen) atoms. The van der Waals surface area contributed by atoms with Gasteiger partial charge < -0.3 is 112 Å². The third kappa shape index (κ3) is 27.0. The lowest BCUT2D eigenvalue weighted by molar-refractivity contribution is -0.145. The maximum atomic E-state index is 14.7. The number of nitrogens with one attached hydrogen (secondary N) is 11. The molecule has 4 saturated heterocycles. The van der Waals surface area contributed by atoms with E-state index < -0.39 is 162 Å². The Kier molecular flexibility index (Phi) is 36.0.